The number of carboxylic acid groups (broad SMARTS) is 1. The fourth-order valence-corrected chi connectivity index (χ4v) is 1.79. The zero-order valence-corrected chi connectivity index (χ0v) is 8.67. The fraction of sp³-hybridized carbons (Fsp3) is 0.364. The first-order valence-corrected chi connectivity index (χ1v) is 5.07. The molecule has 0 spiro atoms. The van der Waals surface area contributed by atoms with Gasteiger partial charge in [0.1, 0.15) is 11.6 Å². The standard InChI is InChI=1S/C11H10ClFO2/c12-8-3-1-7(2-4-8)9(13)11(5-6-11)10(14)15/h1-4,9H,5-6H2,(H,14,15). The molecule has 1 atom stereocenters. The lowest BCUT2D eigenvalue weighted by atomic mass is 9.94. The molecule has 1 unspecified atom stereocenters. The van der Waals surface area contributed by atoms with Crippen molar-refractivity contribution in [1.82, 2.24) is 0 Å². The molecule has 1 aromatic rings. The summed E-state index contributed by atoms with van der Waals surface area (Å²) in [6.07, 6.45) is -0.620. The van der Waals surface area contributed by atoms with E-state index in [-0.39, 0.29) is 0 Å². The minimum Gasteiger partial charge on any atom is -0.481 e. The highest BCUT2D eigenvalue weighted by molar-refractivity contribution is 6.30. The predicted octanol–water partition coefficient (Wildman–Crippen LogP) is 3.22. The minimum absolute atomic E-state index is 0.388. The van der Waals surface area contributed by atoms with E-state index in [1.54, 1.807) is 12.1 Å². The van der Waals surface area contributed by atoms with Gasteiger partial charge < -0.3 is 5.11 Å². The molecule has 1 fully saturated rings. The molecule has 1 aromatic carbocycles. The second kappa shape index (κ2) is 3.49. The lowest BCUT2D eigenvalue weighted by molar-refractivity contribution is -0.146. The van der Waals surface area contributed by atoms with E-state index < -0.39 is 17.6 Å². The van der Waals surface area contributed by atoms with Crippen molar-refractivity contribution in [3.63, 3.8) is 0 Å². The monoisotopic (exact) mass is 228 g/mol. The Morgan fingerprint density at radius 1 is 1.40 bits per heavy atom. The Bertz CT molecular complexity index is 384. The van der Waals surface area contributed by atoms with Crippen LogP contribution in [0.25, 0.3) is 0 Å². The molecular weight excluding hydrogens is 219 g/mol. The SMILES string of the molecule is O=C(O)C1(C(F)c2ccc(Cl)cc2)CC1. The van der Waals surface area contributed by atoms with Gasteiger partial charge in [0.05, 0.1) is 0 Å². The summed E-state index contributed by atoms with van der Waals surface area (Å²) in [5, 5.41) is 9.44. The Kier molecular flexibility index (Phi) is 2.43. The predicted molar refractivity (Wildman–Crippen MR) is 54.6 cm³/mol. The van der Waals surface area contributed by atoms with Gasteiger partial charge in [-0.15, -0.1) is 0 Å². The molecule has 4 heteroatoms. The molecule has 2 rings (SSSR count). The largest absolute Gasteiger partial charge is 0.481 e. The summed E-state index contributed by atoms with van der Waals surface area (Å²) in [6.45, 7) is 0. The Balaban J connectivity index is 2.25. The summed E-state index contributed by atoms with van der Waals surface area (Å²) in [7, 11) is 0. The topological polar surface area (TPSA) is 37.3 Å². The van der Waals surface area contributed by atoms with E-state index in [9.17, 15) is 9.18 Å². The van der Waals surface area contributed by atoms with Gasteiger partial charge in [-0.2, -0.15) is 0 Å². The maximum absolute atomic E-state index is 13.9. The molecule has 0 radical (unpaired) electrons. The molecule has 0 heterocycles. The van der Waals surface area contributed by atoms with Gasteiger partial charge in [-0.05, 0) is 30.5 Å². The first kappa shape index (κ1) is 10.4. The normalized spacial score (nSPS) is 19.6. The lowest BCUT2D eigenvalue weighted by Gasteiger charge is -2.15. The van der Waals surface area contributed by atoms with E-state index in [0.29, 0.717) is 23.4 Å². The van der Waals surface area contributed by atoms with Crippen molar-refractivity contribution in [3.8, 4) is 0 Å². The van der Waals surface area contributed by atoms with E-state index in [4.69, 9.17) is 16.7 Å². The van der Waals surface area contributed by atoms with E-state index in [1.165, 1.54) is 12.1 Å². The molecule has 1 saturated carbocycles. The second-order valence-electron chi connectivity index (χ2n) is 3.88. The molecule has 15 heavy (non-hydrogen) atoms. The fourth-order valence-electron chi connectivity index (χ4n) is 1.66. The number of rotatable bonds is 3. The smallest absolute Gasteiger partial charge is 0.312 e. The Morgan fingerprint density at radius 2 is 1.93 bits per heavy atom. The van der Waals surface area contributed by atoms with Crippen LogP contribution in [0.4, 0.5) is 4.39 Å². The van der Waals surface area contributed by atoms with Crippen LogP contribution >= 0.6 is 11.6 Å². The highest BCUT2D eigenvalue weighted by Crippen LogP contribution is 2.56. The highest BCUT2D eigenvalue weighted by atomic mass is 35.5. The van der Waals surface area contributed by atoms with Gasteiger partial charge in [0, 0.05) is 5.02 Å². The number of benzene rings is 1. The van der Waals surface area contributed by atoms with Gasteiger partial charge in [-0.1, -0.05) is 23.7 Å². The van der Waals surface area contributed by atoms with Gasteiger partial charge >= 0.3 is 5.97 Å². The molecule has 2 nitrogen and oxygen atoms in total. The summed E-state index contributed by atoms with van der Waals surface area (Å²) in [5.74, 6) is -1.05. The number of carboxylic acids is 1. The minimum atomic E-state index is -1.44. The number of hydrogen-bond acceptors (Lipinski definition) is 1. The van der Waals surface area contributed by atoms with Crippen LogP contribution in [0.3, 0.4) is 0 Å². The van der Waals surface area contributed by atoms with Crippen LogP contribution in [0.2, 0.25) is 5.02 Å². The van der Waals surface area contributed by atoms with E-state index >= 15 is 0 Å². The Hall–Kier alpha value is -1.09. The molecule has 0 saturated heterocycles. The first-order valence-electron chi connectivity index (χ1n) is 4.69. The van der Waals surface area contributed by atoms with Crippen LogP contribution < -0.4 is 0 Å². The zero-order chi connectivity index (χ0) is 11.1. The lowest BCUT2D eigenvalue weighted by Crippen LogP contribution is -2.20. The van der Waals surface area contributed by atoms with Gasteiger partial charge in [0.2, 0.25) is 0 Å². The van der Waals surface area contributed by atoms with Crippen LogP contribution in [0.1, 0.15) is 24.6 Å². The molecular formula is C11H10ClFO2. The van der Waals surface area contributed by atoms with Crippen molar-refractivity contribution in [2.75, 3.05) is 0 Å². The Morgan fingerprint density at radius 3 is 2.33 bits per heavy atom. The van der Waals surface area contributed by atoms with E-state index in [1.807, 2.05) is 0 Å². The summed E-state index contributed by atoms with van der Waals surface area (Å²) in [5.41, 5.74) is -0.798. The quantitative estimate of drug-likeness (QED) is 0.863. The van der Waals surface area contributed by atoms with Crippen molar-refractivity contribution in [3.05, 3.63) is 34.9 Å². The molecule has 1 N–H and O–H groups in total. The molecule has 0 bridgehead atoms. The van der Waals surface area contributed by atoms with Crippen LogP contribution in [0.5, 0.6) is 0 Å². The van der Waals surface area contributed by atoms with Crippen LogP contribution in [-0.2, 0) is 4.79 Å². The molecule has 0 aromatic heterocycles. The average Bonchev–Trinajstić information content (AvgIpc) is 2.98. The molecule has 0 aliphatic heterocycles. The molecule has 1 aliphatic rings. The van der Waals surface area contributed by atoms with Crippen molar-refractivity contribution >= 4 is 17.6 Å². The average molecular weight is 229 g/mol. The third-order valence-electron chi connectivity index (χ3n) is 2.86. The van der Waals surface area contributed by atoms with Crippen LogP contribution in [0, 0.1) is 5.41 Å². The number of alkyl halides is 1. The highest BCUT2D eigenvalue weighted by Gasteiger charge is 2.57. The maximum Gasteiger partial charge on any atom is 0.312 e. The number of aliphatic carboxylic acids is 1. The van der Waals surface area contributed by atoms with Gasteiger partial charge in [0.15, 0.2) is 0 Å². The summed E-state index contributed by atoms with van der Waals surface area (Å²) >= 11 is 5.67. The van der Waals surface area contributed by atoms with Crippen LogP contribution in [-0.4, -0.2) is 11.1 Å². The van der Waals surface area contributed by atoms with Crippen molar-refractivity contribution in [2.45, 2.75) is 19.0 Å². The van der Waals surface area contributed by atoms with Gasteiger partial charge in [-0.3, -0.25) is 4.79 Å². The molecule has 80 valence electrons. The first-order chi connectivity index (χ1) is 7.06. The van der Waals surface area contributed by atoms with Crippen molar-refractivity contribution in [2.24, 2.45) is 5.41 Å². The van der Waals surface area contributed by atoms with E-state index in [0.717, 1.165) is 0 Å². The van der Waals surface area contributed by atoms with E-state index in [2.05, 4.69) is 0 Å². The zero-order valence-electron chi connectivity index (χ0n) is 7.91. The second-order valence-corrected chi connectivity index (χ2v) is 4.31. The van der Waals surface area contributed by atoms with Gasteiger partial charge in [-0.25, -0.2) is 4.39 Å². The number of carbonyl (C=O) groups is 1. The Labute approximate surface area is 91.7 Å². The third-order valence-corrected chi connectivity index (χ3v) is 3.11. The third kappa shape index (κ3) is 1.72. The maximum atomic E-state index is 13.9. The van der Waals surface area contributed by atoms with Crippen molar-refractivity contribution in [1.29, 1.82) is 0 Å². The molecule has 0 amide bonds. The van der Waals surface area contributed by atoms with Gasteiger partial charge in [0.25, 0.3) is 0 Å². The van der Waals surface area contributed by atoms with Crippen molar-refractivity contribution < 1.29 is 14.3 Å². The number of hydrogen-bond donors (Lipinski definition) is 1. The van der Waals surface area contributed by atoms with Crippen LogP contribution in [0.15, 0.2) is 24.3 Å². The summed E-state index contributed by atoms with van der Waals surface area (Å²) in [6, 6.07) is 6.22. The molecule has 1 aliphatic carbocycles. The summed E-state index contributed by atoms with van der Waals surface area (Å²) in [4.78, 5) is 10.9. The summed E-state index contributed by atoms with van der Waals surface area (Å²) < 4.78 is 13.9. The number of halogens is 2.